The summed E-state index contributed by atoms with van der Waals surface area (Å²) in [7, 11) is 0. The summed E-state index contributed by atoms with van der Waals surface area (Å²) in [5, 5.41) is 2.93. The van der Waals surface area contributed by atoms with Crippen LogP contribution in [-0.2, 0) is 4.79 Å². The zero-order valence-electron chi connectivity index (χ0n) is 12.8. The van der Waals surface area contributed by atoms with E-state index in [-0.39, 0.29) is 17.5 Å². The maximum absolute atomic E-state index is 13.5. The van der Waals surface area contributed by atoms with Gasteiger partial charge in [0, 0.05) is 10.6 Å². The van der Waals surface area contributed by atoms with Gasteiger partial charge in [0.05, 0.1) is 5.75 Å². The third-order valence-corrected chi connectivity index (χ3v) is 4.62. The number of halogens is 1. The van der Waals surface area contributed by atoms with Crippen molar-refractivity contribution >= 4 is 23.4 Å². The predicted octanol–water partition coefficient (Wildman–Crippen LogP) is 5.07. The van der Waals surface area contributed by atoms with Crippen LogP contribution in [0.5, 0.6) is 0 Å². The largest absolute Gasteiger partial charge is 0.325 e. The summed E-state index contributed by atoms with van der Waals surface area (Å²) in [6, 6.07) is 14.3. The fourth-order valence-electron chi connectivity index (χ4n) is 2.15. The molecule has 0 heterocycles. The van der Waals surface area contributed by atoms with Crippen molar-refractivity contribution in [3.63, 3.8) is 0 Å². The van der Waals surface area contributed by atoms with Gasteiger partial charge in [-0.3, -0.25) is 4.79 Å². The molecule has 1 amide bonds. The SMILES string of the molecule is CC[C@H](C)c1ccccc1NC(=O)CSc1ccccc1F. The Morgan fingerprint density at radius 1 is 1.18 bits per heavy atom. The number of benzene rings is 2. The summed E-state index contributed by atoms with van der Waals surface area (Å²) in [6.45, 7) is 4.26. The molecule has 0 aliphatic rings. The molecule has 0 unspecified atom stereocenters. The number of nitrogens with one attached hydrogen (secondary N) is 1. The molecule has 0 fully saturated rings. The average molecular weight is 317 g/mol. The smallest absolute Gasteiger partial charge is 0.234 e. The second kappa shape index (κ2) is 7.99. The van der Waals surface area contributed by atoms with E-state index in [9.17, 15) is 9.18 Å². The molecule has 0 aromatic heterocycles. The van der Waals surface area contributed by atoms with Crippen molar-refractivity contribution in [2.75, 3.05) is 11.1 Å². The van der Waals surface area contributed by atoms with Crippen molar-refractivity contribution < 1.29 is 9.18 Å². The van der Waals surface area contributed by atoms with Gasteiger partial charge in [-0.05, 0) is 36.1 Å². The zero-order valence-corrected chi connectivity index (χ0v) is 13.6. The summed E-state index contributed by atoms with van der Waals surface area (Å²) in [5.74, 6) is 0.163. The number of carbonyl (C=O) groups excluding carboxylic acids is 1. The van der Waals surface area contributed by atoms with Gasteiger partial charge in [0.15, 0.2) is 0 Å². The molecule has 2 rings (SSSR count). The molecule has 4 heteroatoms. The van der Waals surface area contributed by atoms with E-state index in [4.69, 9.17) is 0 Å². The standard InChI is InChI=1S/C18H20FNOS/c1-3-13(2)14-8-4-6-10-16(14)20-18(21)12-22-17-11-7-5-9-15(17)19/h4-11,13H,3,12H2,1-2H3,(H,20,21)/t13-/m0/s1. The van der Waals surface area contributed by atoms with E-state index >= 15 is 0 Å². The van der Waals surface area contributed by atoms with Crippen LogP contribution in [0.1, 0.15) is 31.7 Å². The number of hydrogen-bond donors (Lipinski definition) is 1. The molecule has 0 bridgehead atoms. The van der Waals surface area contributed by atoms with Crippen LogP contribution in [-0.4, -0.2) is 11.7 Å². The van der Waals surface area contributed by atoms with Crippen LogP contribution in [0.4, 0.5) is 10.1 Å². The normalized spacial score (nSPS) is 12.0. The molecular formula is C18H20FNOS. The Balaban J connectivity index is 1.99. The summed E-state index contributed by atoms with van der Waals surface area (Å²) in [6.07, 6.45) is 1.01. The van der Waals surface area contributed by atoms with E-state index < -0.39 is 0 Å². The van der Waals surface area contributed by atoms with Crippen molar-refractivity contribution in [1.82, 2.24) is 0 Å². The lowest BCUT2D eigenvalue weighted by Gasteiger charge is -2.15. The Morgan fingerprint density at radius 2 is 1.86 bits per heavy atom. The molecule has 2 aromatic carbocycles. The summed E-state index contributed by atoms with van der Waals surface area (Å²) in [4.78, 5) is 12.6. The van der Waals surface area contributed by atoms with E-state index in [0.29, 0.717) is 10.8 Å². The van der Waals surface area contributed by atoms with Crippen LogP contribution < -0.4 is 5.32 Å². The highest BCUT2D eigenvalue weighted by Crippen LogP contribution is 2.27. The van der Waals surface area contributed by atoms with Gasteiger partial charge in [-0.15, -0.1) is 11.8 Å². The summed E-state index contributed by atoms with van der Waals surface area (Å²) in [5.41, 5.74) is 1.98. The summed E-state index contributed by atoms with van der Waals surface area (Å²) >= 11 is 1.21. The molecular weight excluding hydrogens is 297 g/mol. The maximum Gasteiger partial charge on any atom is 0.234 e. The average Bonchev–Trinajstić information content (AvgIpc) is 2.54. The van der Waals surface area contributed by atoms with E-state index in [2.05, 4.69) is 19.2 Å². The van der Waals surface area contributed by atoms with Gasteiger partial charge in [0.1, 0.15) is 5.82 Å². The lowest BCUT2D eigenvalue weighted by molar-refractivity contribution is -0.113. The third kappa shape index (κ3) is 4.34. The predicted molar refractivity (Wildman–Crippen MR) is 90.9 cm³/mol. The quantitative estimate of drug-likeness (QED) is 0.754. The van der Waals surface area contributed by atoms with E-state index in [1.54, 1.807) is 18.2 Å². The molecule has 0 radical (unpaired) electrons. The van der Waals surface area contributed by atoms with E-state index in [1.807, 2.05) is 24.3 Å². The zero-order chi connectivity index (χ0) is 15.9. The Morgan fingerprint density at radius 3 is 2.59 bits per heavy atom. The van der Waals surface area contributed by atoms with Crippen molar-refractivity contribution in [3.05, 3.63) is 59.9 Å². The molecule has 1 N–H and O–H groups in total. The van der Waals surface area contributed by atoms with Gasteiger partial charge in [-0.2, -0.15) is 0 Å². The van der Waals surface area contributed by atoms with Crippen LogP contribution >= 0.6 is 11.8 Å². The Kier molecular flexibility index (Phi) is 6.01. The second-order valence-electron chi connectivity index (χ2n) is 5.16. The molecule has 1 atom stereocenters. The molecule has 2 aromatic rings. The number of anilines is 1. The fraction of sp³-hybridized carbons (Fsp3) is 0.278. The molecule has 116 valence electrons. The first-order chi connectivity index (χ1) is 10.6. The lowest BCUT2D eigenvalue weighted by Crippen LogP contribution is -2.15. The minimum atomic E-state index is -0.291. The number of amides is 1. The first-order valence-corrected chi connectivity index (χ1v) is 8.36. The fourth-order valence-corrected chi connectivity index (χ4v) is 2.89. The third-order valence-electron chi connectivity index (χ3n) is 3.57. The molecule has 0 saturated heterocycles. The number of para-hydroxylation sites is 1. The molecule has 0 saturated carbocycles. The molecule has 2 nitrogen and oxygen atoms in total. The van der Waals surface area contributed by atoms with Crippen LogP contribution in [0.25, 0.3) is 0 Å². The van der Waals surface area contributed by atoms with Crippen molar-refractivity contribution in [2.45, 2.75) is 31.1 Å². The Labute approximate surface area is 135 Å². The van der Waals surface area contributed by atoms with Gasteiger partial charge in [-0.1, -0.05) is 44.2 Å². The number of carbonyl (C=O) groups is 1. The van der Waals surface area contributed by atoms with Crippen molar-refractivity contribution in [2.24, 2.45) is 0 Å². The first kappa shape index (κ1) is 16.6. The van der Waals surface area contributed by atoms with Gasteiger partial charge in [-0.25, -0.2) is 4.39 Å². The highest BCUT2D eigenvalue weighted by molar-refractivity contribution is 8.00. The monoisotopic (exact) mass is 317 g/mol. The minimum Gasteiger partial charge on any atom is -0.325 e. The summed E-state index contributed by atoms with van der Waals surface area (Å²) < 4.78 is 13.5. The highest BCUT2D eigenvalue weighted by atomic mass is 32.2. The van der Waals surface area contributed by atoms with E-state index in [1.165, 1.54) is 17.8 Å². The number of hydrogen-bond acceptors (Lipinski definition) is 2. The molecule has 0 aliphatic carbocycles. The van der Waals surface area contributed by atoms with Crippen molar-refractivity contribution in [3.8, 4) is 0 Å². The maximum atomic E-state index is 13.5. The lowest BCUT2D eigenvalue weighted by atomic mass is 9.97. The highest BCUT2D eigenvalue weighted by Gasteiger charge is 2.12. The number of thioether (sulfide) groups is 1. The molecule has 0 spiro atoms. The van der Waals surface area contributed by atoms with Gasteiger partial charge >= 0.3 is 0 Å². The molecule has 0 aliphatic heterocycles. The van der Waals surface area contributed by atoms with Crippen LogP contribution in [0.3, 0.4) is 0 Å². The second-order valence-corrected chi connectivity index (χ2v) is 6.18. The van der Waals surface area contributed by atoms with Crippen LogP contribution in [0, 0.1) is 5.82 Å². The first-order valence-electron chi connectivity index (χ1n) is 7.38. The van der Waals surface area contributed by atoms with Gasteiger partial charge in [0.2, 0.25) is 5.91 Å². The van der Waals surface area contributed by atoms with Crippen LogP contribution in [0.15, 0.2) is 53.4 Å². The van der Waals surface area contributed by atoms with Crippen molar-refractivity contribution in [1.29, 1.82) is 0 Å². The molecule has 22 heavy (non-hydrogen) atoms. The number of rotatable bonds is 6. The Hall–Kier alpha value is -1.81. The van der Waals surface area contributed by atoms with E-state index in [0.717, 1.165) is 17.7 Å². The topological polar surface area (TPSA) is 29.1 Å². The van der Waals surface area contributed by atoms with Gasteiger partial charge < -0.3 is 5.32 Å². The van der Waals surface area contributed by atoms with Gasteiger partial charge in [0.25, 0.3) is 0 Å². The van der Waals surface area contributed by atoms with Crippen LogP contribution in [0.2, 0.25) is 0 Å². The minimum absolute atomic E-state index is 0.121. The Bertz CT molecular complexity index is 644.